The summed E-state index contributed by atoms with van der Waals surface area (Å²) in [5.41, 5.74) is -0.686. The molecule has 4 N–H and O–H groups in total. The maximum Gasteiger partial charge on any atom is 0.0664 e. The maximum absolute atomic E-state index is 9.38. The van der Waals surface area contributed by atoms with Gasteiger partial charge in [0, 0.05) is 6.54 Å². The van der Waals surface area contributed by atoms with Gasteiger partial charge in [-0.25, -0.2) is 0 Å². The zero-order valence-corrected chi connectivity index (χ0v) is 8.45. The Morgan fingerprint density at radius 3 is 2.23 bits per heavy atom. The van der Waals surface area contributed by atoms with E-state index in [-0.39, 0.29) is 13.2 Å². The largest absolute Gasteiger partial charge is 0.394 e. The molecule has 0 aliphatic rings. The van der Waals surface area contributed by atoms with Crippen LogP contribution in [0, 0.1) is 0 Å². The lowest BCUT2D eigenvalue weighted by Gasteiger charge is -2.27. The monoisotopic (exact) mass is 191 g/mol. The molecule has 0 rings (SSSR count). The van der Waals surface area contributed by atoms with Crippen molar-refractivity contribution in [3.8, 4) is 0 Å². The van der Waals surface area contributed by atoms with E-state index in [4.69, 9.17) is 10.2 Å². The normalized spacial score (nSPS) is 14.5. The molecule has 0 fully saturated rings. The first kappa shape index (κ1) is 12.8. The summed E-state index contributed by atoms with van der Waals surface area (Å²) in [6.07, 6.45) is 1.26. The fourth-order valence-corrected chi connectivity index (χ4v) is 0.961. The first-order valence-corrected chi connectivity index (χ1v) is 4.72. The van der Waals surface area contributed by atoms with Crippen molar-refractivity contribution in [3.05, 3.63) is 0 Å². The molecule has 13 heavy (non-hydrogen) atoms. The van der Waals surface area contributed by atoms with Crippen LogP contribution in [0.1, 0.15) is 26.7 Å². The van der Waals surface area contributed by atoms with Gasteiger partial charge in [-0.1, -0.05) is 13.3 Å². The molecule has 0 aromatic rings. The molecule has 0 aliphatic carbocycles. The first-order chi connectivity index (χ1) is 6.08. The van der Waals surface area contributed by atoms with Gasteiger partial charge < -0.3 is 20.6 Å². The number of aliphatic hydroxyl groups excluding tert-OH is 3. The highest BCUT2D eigenvalue weighted by atomic mass is 16.3. The Morgan fingerprint density at radius 1 is 1.31 bits per heavy atom. The third-order valence-corrected chi connectivity index (χ3v) is 2.08. The van der Waals surface area contributed by atoms with Gasteiger partial charge >= 0.3 is 0 Å². The van der Waals surface area contributed by atoms with E-state index < -0.39 is 11.6 Å². The van der Waals surface area contributed by atoms with E-state index >= 15 is 0 Å². The van der Waals surface area contributed by atoms with Gasteiger partial charge in [-0.2, -0.15) is 0 Å². The highest BCUT2D eigenvalue weighted by Gasteiger charge is 2.21. The van der Waals surface area contributed by atoms with Gasteiger partial charge in [0.2, 0.25) is 0 Å². The quantitative estimate of drug-likeness (QED) is 0.437. The Kier molecular flexibility index (Phi) is 6.24. The second-order valence-corrected chi connectivity index (χ2v) is 3.70. The van der Waals surface area contributed by atoms with Crippen LogP contribution in [0.2, 0.25) is 0 Å². The summed E-state index contributed by atoms with van der Waals surface area (Å²) in [5, 5.41) is 30.2. The molecule has 80 valence electrons. The van der Waals surface area contributed by atoms with Gasteiger partial charge in [-0.05, 0) is 13.3 Å². The molecule has 0 heterocycles. The summed E-state index contributed by atoms with van der Waals surface area (Å²) in [4.78, 5) is 0. The van der Waals surface area contributed by atoms with Crippen molar-refractivity contribution in [1.82, 2.24) is 5.32 Å². The molecule has 0 amide bonds. The van der Waals surface area contributed by atoms with Gasteiger partial charge in [0.1, 0.15) is 0 Å². The van der Waals surface area contributed by atoms with E-state index in [9.17, 15) is 5.11 Å². The topological polar surface area (TPSA) is 72.7 Å². The van der Waals surface area contributed by atoms with Crippen LogP contribution in [0.15, 0.2) is 0 Å². The summed E-state index contributed by atoms with van der Waals surface area (Å²) in [6, 6.07) is 0. The van der Waals surface area contributed by atoms with E-state index in [0.717, 1.165) is 12.8 Å². The fraction of sp³-hybridized carbons (Fsp3) is 1.00. The van der Waals surface area contributed by atoms with Crippen LogP contribution < -0.4 is 5.32 Å². The summed E-state index contributed by atoms with van der Waals surface area (Å²) >= 11 is 0. The lowest BCUT2D eigenvalue weighted by molar-refractivity contribution is 0.0823. The Labute approximate surface area is 79.6 Å². The van der Waals surface area contributed by atoms with Gasteiger partial charge in [-0.15, -0.1) is 0 Å². The molecule has 4 nitrogen and oxygen atoms in total. The third kappa shape index (κ3) is 5.21. The Bertz CT molecular complexity index is 126. The average Bonchev–Trinajstić information content (AvgIpc) is 2.15. The minimum atomic E-state index is -0.686. The molecule has 1 atom stereocenters. The standard InChI is InChI=1S/C9H21NO3/c1-3-4-8(13)5-10-9(2,6-11)7-12/h8,10-13H,3-7H2,1-2H3. The van der Waals surface area contributed by atoms with Gasteiger partial charge in [-0.3, -0.25) is 0 Å². The van der Waals surface area contributed by atoms with Crippen molar-refractivity contribution >= 4 is 0 Å². The van der Waals surface area contributed by atoms with Crippen LogP contribution >= 0.6 is 0 Å². The van der Waals surface area contributed by atoms with Crippen LogP contribution in [0.3, 0.4) is 0 Å². The average molecular weight is 191 g/mol. The minimum absolute atomic E-state index is 0.137. The molecule has 0 aromatic heterocycles. The first-order valence-electron chi connectivity index (χ1n) is 4.72. The highest BCUT2D eigenvalue weighted by molar-refractivity contribution is 4.82. The van der Waals surface area contributed by atoms with E-state index in [2.05, 4.69) is 5.32 Å². The Morgan fingerprint density at radius 2 is 1.85 bits per heavy atom. The lowest BCUT2D eigenvalue weighted by atomic mass is 10.0. The third-order valence-electron chi connectivity index (χ3n) is 2.08. The fourth-order valence-electron chi connectivity index (χ4n) is 0.961. The van der Waals surface area contributed by atoms with Crippen LogP contribution in [0.5, 0.6) is 0 Å². The van der Waals surface area contributed by atoms with Gasteiger partial charge in [0.25, 0.3) is 0 Å². The molecule has 0 bridgehead atoms. The van der Waals surface area contributed by atoms with Crippen LogP contribution in [-0.4, -0.2) is 46.7 Å². The summed E-state index contributed by atoms with van der Waals surface area (Å²) in [5.74, 6) is 0. The lowest BCUT2D eigenvalue weighted by Crippen LogP contribution is -2.51. The van der Waals surface area contributed by atoms with Crippen molar-refractivity contribution in [2.24, 2.45) is 0 Å². The number of hydrogen-bond donors (Lipinski definition) is 4. The number of aliphatic hydroxyl groups is 3. The molecular formula is C9H21NO3. The number of nitrogens with one attached hydrogen (secondary N) is 1. The zero-order chi connectivity index (χ0) is 10.3. The predicted octanol–water partition coefficient (Wildman–Crippen LogP) is -0.520. The van der Waals surface area contributed by atoms with E-state index in [0.29, 0.717) is 6.54 Å². The maximum atomic E-state index is 9.38. The number of hydrogen-bond acceptors (Lipinski definition) is 4. The SMILES string of the molecule is CCCC(O)CNC(C)(CO)CO. The molecule has 0 saturated heterocycles. The highest BCUT2D eigenvalue weighted by Crippen LogP contribution is 2.02. The number of β-amino-alcohol motifs (C(OH)–C–C–N with tert-alkyl or cyclic N) is 1. The van der Waals surface area contributed by atoms with Crippen LogP contribution in [0.25, 0.3) is 0 Å². The van der Waals surface area contributed by atoms with Crippen molar-refractivity contribution in [2.45, 2.75) is 38.3 Å². The molecule has 0 radical (unpaired) electrons. The predicted molar refractivity (Wildman–Crippen MR) is 51.5 cm³/mol. The van der Waals surface area contributed by atoms with Crippen LogP contribution in [0.4, 0.5) is 0 Å². The molecule has 0 spiro atoms. The summed E-state index contributed by atoms with van der Waals surface area (Å²) in [7, 11) is 0. The van der Waals surface area contributed by atoms with Crippen molar-refractivity contribution in [1.29, 1.82) is 0 Å². The molecule has 0 aromatic carbocycles. The summed E-state index contributed by atoms with van der Waals surface area (Å²) in [6.45, 7) is 3.85. The van der Waals surface area contributed by atoms with Crippen LogP contribution in [-0.2, 0) is 0 Å². The molecule has 1 unspecified atom stereocenters. The Balaban J connectivity index is 3.71. The zero-order valence-electron chi connectivity index (χ0n) is 8.45. The van der Waals surface area contributed by atoms with Gasteiger partial charge in [0.15, 0.2) is 0 Å². The van der Waals surface area contributed by atoms with Crippen molar-refractivity contribution in [2.75, 3.05) is 19.8 Å². The van der Waals surface area contributed by atoms with E-state index in [1.165, 1.54) is 0 Å². The molecular weight excluding hydrogens is 170 g/mol. The smallest absolute Gasteiger partial charge is 0.0664 e. The second kappa shape index (κ2) is 6.32. The van der Waals surface area contributed by atoms with E-state index in [1.807, 2.05) is 6.92 Å². The molecule has 0 aliphatic heterocycles. The molecule has 4 heteroatoms. The second-order valence-electron chi connectivity index (χ2n) is 3.70. The van der Waals surface area contributed by atoms with Crippen molar-refractivity contribution in [3.63, 3.8) is 0 Å². The van der Waals surface area contributed by atoms with Gasteiger partial charge in [0.05, 0.1) is 24.9 Å². The molecule has 0 saturated carbocycles. The van der Waals surface area contributed by atoms with E-state index in [1.54, 1.807) is 6.92 Å². The number of rotatable bonds is 7. The Hall–Kier alpha value is -0.160. The minimum Gasteiger partial charge on any atom is -0.394 e. The van der Waals surface area contributed by atoms with Crippen molar-refractivity contribution < 1.29 is 15.3 Å². The summed E-state index contributed by atoms with van der Waals surface area (Å²) < 4.78 is 0.